The number of nitrogens with zero attached hydrogens (tertiary/aromatic N) is 3. The highest BCUT2D eigenvalue weighted by Crippen LogP contribution is 2.12. The van der Waals surface area contributed by atoms with E-state index in [1.807, 2.05) is 14.1 Å². The number of ether oxygens (including phenoxy) is 1. The number of aliphatic imine (C=N–C) groups is 1. The van der Waals surface area contributed by atoms with E-state index in [0.29, 0.717) is 5.96 Å². The average Bonchev–Trinajstić information content (AvgIpc) is 2.48. The molecule has 118 valence electrons. The Hall–Kier alpha value is -1.02. The van der Waals surface area contributed by atoms with Crippen LogP contribution in [-0.2, 0) is 11.2 Å². The maximum absolute atomic E-state index is 5.99. The largest absolute Gasteiger partial charge is 0.378 e. The van der Waals surface area contributed by atoms with Gasteiger partial charge < -0.3 is 20.3 Å². The Morgan fingerprint density at radius 3 is 2.43 bits per heavy atom. The maximum Gasteiger partial charge on any atom is 0.191 e. The molecular formula is C15H25IN4O. The van der Waals surface area contributed by atoms with Gasteiger partial charge in [-0.25, -0.2) is 0 Å². The lowest BCUT2D eigenvalue weighted by Gasteiger charge is -2.27. The van der Waals surface area contributed by atoms with Crippen molar-refractivity contribution in [3.8, 4) is 0 Å². The number of rotatable bonds is 4. The number of guanidine groups is 1. The summed E-state index contributed by atoms with van der Waals surface area (Å²) in [6.07, 6.45) is 0.915. The van der Waals surface area contributed by atoms with E-state index in [-0.39, 0.29) is 24.0 Å². The predicted molar refractivity (Wildman–Crippen MR) is 98.8 cm³/mol. The Bertz CT molecular complexity index is 441. The first kappa shape index (κ1) is 18.0. The fraction of sp³-hybridized carbons (Fsp3) is 0.533. The second-order valence-electron chi connectivity index (χ2n) is 5.15. The molecule has 1 aliphatic heterocycles. The van der Waals surface area contributed by atoms with Crippen molar-refractivity contribution in [2.45, 2.75) is 6.42 Å². The van der Waals surface area contributed by atoms with Crippen LogP contribution >= 0.6 is 24.0 Å². The lowest BCUT2D eigenvalue weighted by atomic mass is 10.1. The van der Waals surface area contributed by atoms with E-state index < -0.39 is 0 Å². The third-order valence-electron chi connectivity index (χ3n) is 3.46. The molecule has 1 aromatic carbocycles. The monoisotopic (exact) mass is 404 g/mol. The van der Waals surface area contributed by atoms with Crippen LogP contribution in [0.2, 0.25) is 0 Å². The van der Waals surface area contributed by atoms with Crippen molar-refractivity contribution in [2.24, 2.45) is 10.7 Å². The summed E-state index contributed by atoms with van der Waals surface area (Å²) in [6, 6.07) is 8.56. The summed E-state index contributed by atoms with van der Waals surface area (Å²) in [5, 5.41) is 0. The molecule has 0 atom stereocenters. The lowest BCUT2D eigenvalue weighted by Crippen LogP contribution is -2.44. The second-order valence-corrected chi connectivity index (χ2v) is 5.15. The minimum absolute atomic E-state index is 0. The van der Waals surface area contributed by atoms with Crippen molar-refractivity contribution in [1.29, 1.82) is 0 Å². The predicted octanol–water partition coefficient (Wildman–Crippen LogP) is 1.56. The molecule has 1 aliphatic rings. The normalized spacial score (nSPS) is 15.5. The number of nitrogens with two attached hydrogens (primary N) is 1. The quantitative estimate of drug-likeness (QED) is 0.470. The average molecular weight is 404 g/mol. The van der Waals surface area contributed by atoms with Gasteiger partial charge in [0.15, 0.2) is 5.96 Å². The van der Waals surface area contributed by atoms with Gasteiger partial charge in [-0.05, 0) is 24.1 Å². The van der Waals surface area contributed by atoms with E-state index in [4.69, 9.17) is 10.5 Å². The van der Waals surface area contributed by atoms with Crippen molar-refractivity contribution in [3.05, 3.63) is 29.8 Å². The highest BCUT2D eigenvalue weighted by Gasteiger charge is 2.11. The van der Waals surface area contributed by atoms with Crippen molar-refractivity contribution >= 4 is 35.6 Å². The van der Waals surface area contributed by atoms with Crippen LogP contribution in [0, 0.1) is 0 Å². The first-order valence-corrected chi connectivity index (χ1v) is 7.05. The number of benzene rings is 1. The van der Waals surface area contributed by atoms with E-state index in [1.54, 1.807) is 0 Å². The van der Waals surface area contributed by atoms with Crippen molar-refractivity contribution in [2.75, 3.05) is 51.8 Å². The fourth-order valence-electron chi connectivity index (χ4n) is 2.15. The number of morpholine rings is 1. The van der Waals surface area contributed by atoms with E-state index in [1.165, 1.54) is 11.3 Å². The summed E-state index contributed by atoms with van der Waals surface area (Å²) in [5.41, 5.74) is 8.49. The molecule has 0 radical (unpaired) electrons. The van der Waals surface area contributed by atoms with Gasteiger partial charge in [0, 0.05) is 39.4 Å². The van der Waals surface area contributed by atoms with Gasteiger partial charge in [0.05, 0.1) is 13.2 Å². The third-order valence-corrected chi connectivity index (χ3v) is 3.46. The molecule has 1 aromatic rings. The Morgan fingerprint density at radius 2 is 1.86 bits per heavy atom. The maximum atomic E-state index is 5.99. The Morgan fingerprint density at radius 1 is 1.24 bits per heavy atom. The molecule has 0 spiro atoms. The zero-order chi connectivity index (χ0) is 14.4. The molecule has 21 heavy (non-hydrogen) atoms. The van der Waals surface area contributed by atoms with E-state index in [0.717, 1.165) is 39.3 Å². The zero-order valence-corrected chi connectivity index (χ0v) is 15.1. The van der Waals surface area contributed by atoms with Crippen LogP contribution in [0.1, 0.15) is 5.56 Å². The van der Waals surface area contributed by atoms with Crippen LogP contribution in [0.4, 0.5) is 5.69 Å². The van der Waals surface area contributed by atoms with Crippen LogP contribution in [0.5, 0.6) is 0 Å². The highest BCUT2D eigenvalue weighted by atomic mass is 127. The number of hydrogen-bond acceptors (Lipinski definition) is 3. The molecule has 0 aliphatic carbocycles. The summed E-state index contributed by atoms with van der Waals surface area (Å²) in [4.78, 5) is 8.63. The van der Waals surface area contributed by atoms with E-state index in [9.17, 15) is 0 Å². The van der Waals surface area contributed by atoms with Crippen molar-refractivity contribution in [1.82, 2.24) is 4.90 Å². The summed E-state index contributed by atoms with van der Waals surface area (Å²) in [5.74, 6) is 0.637. The third kappa shape index (κ3) is 5.70. The topological polar surface area (TPSA) is 54.1 Å². The molecule has 0 amide bonds. The standard InChI is InChI=1S/C15H24N4O.HI/c1-18(2)14-5-3-13(4-6-14)7-8-17-15(16)19-9-11-20-12-10-19;/h3-6H,7-12H2,1-2H3,(H2,16,17);1H. The summed E-state index contributed by atoms with van der Waals surface area (Å²) < 4.78 is 5.30. The second kappa shape index (κ2) is 9.09. The van der Waals surface area contributed by atoms with Gasteiger partial charge >= 0.3 is 0 Å². The molecule has 6 heteroatoms. The lowest BCUT2D eigenvalue weighted by molar-refractivity contribution is 0.0674. The van der Waals surface area contributed by atoms with Gasteiger partial charge in [0.2, 0.25) is 0 Å². The first-order valence-electron chi connectivity index (χ1n) is 7.05. The minimum Gasteiger partial charge on any atom is -0.378 e. The van der Waals surface area contributed by atoms with Gasteiger partial charge in [-0.1, -0.05) is 12.1 Å². The zero-order valence-electron chi connectivity index (χ0n) is 12.8. The molecule has 1 saturated heterocycles. The van der Waals surface area contributed by atoms with Crippen LogP contribution in [0.3, 0.4) is 0 Å². The molecule has 0 unspecified atom stereocenters. The first-order chi connectivity index (χ1) is 9.66. The van der Waals surface area contributed by atoms with Gasteiger partial charge in [-0.15, -0.1) is 24.0 Å². The van der Waals surface area contributed by atoms with E-state index >= 15 is 0 Å². The van der Waals surface area contributed by atoms with Crippen molar-refractivity contribution < 1.29 is 4.74 Å². The van der Waals surface area contributed by atoms with E-state index in [2.05, 4.69) is 39.1 Å². The molecule has 1 heterocycles. The van der Waals surface area contributed by atoms with Gasteiger partial charge in [0.25, 0.3) is 0 Å². The van der Waals surface area contributed by atoms with Crippen LogP contribution in [0.15, 0.2) is 29.3 Å². The van der Waals surface area contributed by atoms with Gasteiger partial charge in [-0.2, -0.15) is 0 Å². The van der Waals surface area contributed by atoms with Crippen LogP contribution < -0.4 is 10.6 Å². The Balaban J connectivity index is 0.00000220. The minimum atomic E-state index is 0. The number of anilines is 1. The van der Waals surface area contributed by atoms with Crippen LogP contribution in [0.25, 0.3) is 0 Å². The molecule has 0 saturated carbocycles. The molecule has 2 rings (SSSR count). The Labute approximate surface area is 144 Å². The summed E-state index contributed by atoms with van der Waals surface area (Å²) in [6.45, 7) is 3.88. The smallest absolute Gasteiger partial charge is 0.191 e. The molecule has 0 aromatic heterocycles. The molecule has 2 N–H and O–H groups in total. The number of halogens is 1. The molecule has 1 fully saturated rings. The fourth-order valence-corrected chi connectivity index (χ4v) is 2.15. The molecular weight excluding hydrogens is 379 g/mol. The SMILES string of the molecule is CN(C)c1ccc(CCN=C(N)N2CCOCC2)cc1.I. The summed E-state index contributed by atoms with van der Waals surface area (Å²) >= 11 is 0. The van der Waals surface area contributed by atoms with Gasteiger partial charge in [0.1, 0.15) is 0 Å². The number of hydrogen-bond donors (Lipinski definition) is 1. The highest BCUT2D eigenvalue weighted by molar-refractivity contribution is 14.0. The summed E-state index contributed by atoms with van der Waals surface area (Å²) in [7, 11) is 4.09. The molecule has 0 bridgehead atoms. The molecule has 5 nitrogen and oxygen atoms in total. The Kier molecular flexibility index (Phi) is 7.81. The van der Waals surface area contributed by atoms with Crippen LogP contribution in [-0.4, -0.2) is 57.8 Å². The van der Waals surface area contributed by atoms with Crippen molar-refractivity contribution in [3.63, 3.8) is 0 Å². The van der Waals surface area contributed by atoms with Gasteiger partial charge in [-0.3, -0.25) is 4.99 Å².